The first-order valence-corrected chi connectivity index (χ1v) is 7.21. The second kappa shape index (κ2) is 10.6. The van der Waals surface area contributed by atoms with Crippen molar-refractivity contribution in [2.75, 3.05) is 13.1 Å². The van der Waals surface area contributed by atoms with Gasteiger partial charge >= 0.3 is 12.0 Å². The fourth-order valence-electron chi connectivity index (χ4n) is 1.87. The van der Waals surface area contributed by atoms with Crippen LogP contribution in [-0.2, 0) is 4.79 Å². The third-order valence-electron chi connectivity index (χ3n) is 2.93. The average Bonchev–Trinajstić information content (AvgIpc) is 2.33. The van der Waals surface area contributed by atoms with E-state index in [0.29, 0.717) is 18.9 Å². The molecular weight excluding hydrogens is 244 g/mol. The third-order valence-corrected chi connectivity index (χ3v) is 2.93. The Labute approximate surface area is 116 Å². The van der Waals surface area contributed by atoms with Gasteiger partial charge in [-0.05, 0) is 18.8 Å². The van der Waals surface area contributed by atoms with Crippen LogP contribution in [0.25, 0.3) is 0 Å². The van der Waals surface area contributed by atoms with Crippen LogP contribution in [0.2, 0.25) is 0 Å². The van der Waals surface area contributed by atoms with Crippen molar-refractivity contribution in [3.63, 3.8) is 0 Å². The topological polar surface area (TPSA) is 78.4 Å². The summed E-state index contributed by atoms with van der Waals surface area (Å²) in [6, 6.07) is -0.272. The van der Waals surface area contributed by atoms with Crippen LogP contribution in [0.5, 0.6) is 0 Å². The molecule has 0 saturated heterocycles. The normalized spacial score (nSPS) is 12.2. The monoisotopic (exact) mass is 272 g/mol. The molecule has 0 spiro atoms. The lowest BCUT2D eigenvalue weighted by atomic mass is 9.97. The van der Waals surface area contributed by atoms with E-state index in [4.69, 9.17) is 5.11 Å². The minimum absolute atomic E-state index is 0.189. The van der Waals surface area contributed by atoms with Gasteiger partial charge in [-0.2, -0.15) is 0 Å². The zero-order valence-corrected chi connectivity index (χ0v) is 12.4. The van der Waals surface area contributed by atoms with Crippen LogP contribution >= 0.6 is 0 Å². The van der Waals surface area contributed by atoms with Gasteiger partial charge in [-0.1, -0.05) is 40.0 Å². The van der Waals surface area contributed by atoms with Crippen molar-refractivity contribution in [3.8, 4) is 0 Å². The molecule has 0 aromatic rings. The Balaban J connectivity index is 3.76. The minimum Gasteiger partial charge on any atom is -0.481 e. The number of aliphatic carboxylic acids is 1. The smallest absolute Gasteiger partial charge is 0.314 e. The Morgan fingerprint density at radius 1 is 1.11 bits per heavy atom. The molecule has 0 radical (unpaired) electrons. The molecular formula is C14H28N2O3. The standard InChI is InChI=1S/C14H28N2O3/c1-4-5-6-7-8-15-14(19)16-10-12(13(17)18)9-11(2)3/h11-12H,4-10H2,1-3H3,(H,17,18)(H2,15,16,19). The molecule has 0 aromatic heterocycles. The summed E-state index contributed by atoms with van der Waals surface area (Å²) in [6.07, 6.45) is 5.00. The quantitative estimate of drug-likeness (QED) is 0.535. The van der Waals surface area contributed by atoms with E-state index in [1.165, 1.54) is 12.8 Å². The van der Waals surface area contributed by atoms with Crippen LogP contribution in [0, 0.1) is 11.8 Å². The van der Waals surface area contributed by atoms with E-state index in [2.05, 4.69) is 17.6 Å². The number of carboxylic acid groups (broad SMARTS) is 1. The molecule has 0 saturated carbocycles. The fraction of sp³-hybridized carbons (Fsp3) is 0.857. The van der Waals surface area contributed by atoms with E-state index in [0.717, 1.165) is 12.8 Å². The molecule has 1 atom stereocenters. The highest BCUT2D eigenvalue weighted by Gasteiger charge is 2.19. The molecule has 0 fully saturated rings. The molecule has 0 heterocycles. The molecule has 0 aliphatic rings. The zero-order chi connectivity index (χ0) is 14.7. The van der Waals surface area contributed by atoms with Crippen molar-refractivity contribution in [1.82, 2.24) is 10.6 Å². The molecule has 112 valence electrons. The molecule has 0 aromatic carbocycles. The van der Waals surface area contributed by atoms with Crippen LogP contribution < -0.4 is 10.6 Å². The van der Waals surface area contributed by atoms with E-state index in [-0.39, 0.29) is 12.6 Å². The van der Waals surface area contributed by atoms with Crippen molar-refractivity contribution in [1.29, 1.82) is 0 Å². The first-order valence-electron chi connectivity index (χ1n) is 7.21. The summed E-state index contributed by atoms with van der Waals surface area (Å²) >= 11 is 0. The summed E-state index contributed by atoms with van der Waals surface area (Å²) in [5.41, 5.74) is 0. The molecule has 3 N–H and O–H groups in total. The van der Waals surface area contributed by atoms with E-state index in [9.17, 15) is 9.59 Å². The van der Waals surface area contributed by atoms with Crippen LogP contribution in [0.1, 0.15) is 52.9 Å². The van der Waals surface area contributed by atoms with Crippen LogP contribution in [-0.4, -0.2) is 30.2 Å². The van der Waals surface area contributed by atoms with E-state index in [1.54, 1.807) is 0 Å². The van der Waals surface area contributed by atoms with Gasteiger partial charge in [0.25, 0.3) is 0 Å². The van der Waals surface area contributed by atoms with E-state index >= 15 is 0 Å². The van der Waals surface area contributed by atoms with Gasteiger partial charge in [-0.25, -0.2) is 4.79 Å². The third kappa shape index (κ3) is 10.4. The molecule has 5 nitrogen and oxygen atoms in total. The number of carboxylic acids is 1. The van der Waals surface area contributed by atoms with Gasteiger partial charge in [-0.3, -0.25) is 4.79 Å². The van der Waals surface area contributed by atoms with Crippen LogP contribution in [0.3, 0.4) is 0 Å². The molecule has 0 aliphatic carbocycles. The second-order valence-electron chi connectivity index (χ2n) is 5.36. The summed E-state index contributed by atoms with van der Waals surface area (Å²) in [6.45, 7) is 6.93. The number of hydrogen-bond donors (Lipinski definition) is 3. The Kier molecular flexibility index (Phi) is 9.94. The minimum atomic E-state index is -0.850. The van der Waals surface area contributed by atoms with Gasteiger partial charge in [0, 0.05) is 13.1 Å². The predicted molar refractivity (Wildman–Crippen MR) is 76.1 cm³/mol. The second-order valence-corrected chi connectivity index (χ2v) is 5.36. The van der Waals surface area contributed by atoms with E-state index in [1.807, 2.05) is 13.8 Å². The summed E-state index contributed by atoms with van der Waals surface area (Å²) in [4.78, 5) is 22.5. The van der Waals surface area contributed by atoms with Crippen molar-refractivity contribution in [2.45, 2.75) is 52.9 Å². The number of nitrogens with one attached hydrogen (secondary N) is 2. The Hall–Kier alpha value is -1.26. The van der Waals surface area contributed by atoms with Gasteiger partial charge in [0.1, 0.15) is 0 Å². The maximum Gasteiger partial charge on any atom is 0.314 e. The Morgan fingerprint density at radius 2 is 1.79 bits per heavy atom. The Bertz CT molecular complexity index is 267. The average molecular weight is 272 g/mol. The number of urea groups is 1. The summed E-state index contributed by atoms with van der Waals surface area (Å²) in [5, 5.41) is 14.4. The lowest BCUT2D eigenvalue weighted by Crippen LogP contribution is -2.40. The molecule has 0 rings (SSSR count). The molecule has 0 bridgehead atoms. The molecule has 19 heavy (non-hydrogen) atoms. The Morgan fingerprint density at radius 3 is 2.32 bits per heavy atom. The highest BCUT2D eigenvalue weighted by atomic mass is 16.4. The maximum atomic E-state index is 11.5. The zero-order valence-electron chi connectivity index (χ0n) is 12.4. The van der Waals surface area contributed by atoms with Gasteiger partial charge in [0.05, 0.1) is 5.92 Å². The summed E-state index contributed by atoms with van der Waals surface area (Å²) in [5.74, 6) is -1.05. The van der Waals surface area contributed by atoms with Crippen molar-refractivity contribution >= 4 is 12.0 Å². The highest BCUT2D eigenvalue weighted by molar-refractivity contribution is 5.75. The highest BCUT2D eigenvalue weighted by Crippen LogP contribution is 2.10. The first-order chi connectivity index (χ1) is 8.97. The van der Waals surface area contributed by atoms with Gasteiger partial charge in [-0.15, -0.1) is 0 Å². The molecule has 1 unspecified atom stereocenters. The molecule has 2 amide bonds. The molecule has 5 heteroatoms. The van der Waals surface area contributed by atoms with Gasteiger partial charge < -0.3 is 15.7 Å². The largest absolute Gasteiger partial charge is 0.481 e. The van der Waals surface area contributed by atoms with Crippen LogP contribution in [0.15, 0.2) is 0 Å². The number of carbonyl (C=O) groups excluding carboxylic acids is 1. The van der Waals surface area contributed by atoms with Gasteiger partial charge in [0.15, 0.2) is 0 Å². The number of rotatable bonds is 10. The lowest BCUT2D eigenvalue weighted by Gasteiger charge is -2.15. The van der Waals surface area contributed by atoms with Crippen molar-refractivity contribution in [3.05, 3.63) is 0 Å². The maximum absolute atomic E-state index is 11.5. The summed E-state index contributed by atoms with van der Waals surface area (Å²) < 4.78 is 0. The fourth-order valence-corrected chi connectivity index (χ4v) is 1.87. The summed E-state index contributed by atoms with van der Waals surface area (Å²) in [7, 11) is 0. The van der Waals surface area contributed by atoms with Crippen LogP contribution in [0.4, 0.5) is 4.79 Å². The molecule has 0 aliphatic heterocycles. The number of carbonyl (C=O) groups is 2. The van der Waals surface area contributed by atoms with Gasteiger partial charge in [0.2, 0.25) is 0 Å². The number of amides is 2. The SMILES string of the molecule is CCCCCCNC(=O)NCC(CC(C)C)C(=O)O. The van der Waals surface area contributed by atoms with E-state index < -0.39 is 11.9 Å². The lowest BCUT2D eigenvalue weighted by molar-refractivity contribution is -0.142. The predicted octanol–water partition coefficient (Wildman–Crippen LogP) is 2.61. The number of unbranched alkanes of at least 4 members (excludes halogenated alkanes) is 3. The van der Waals surface area contributed by atoms with Crippen molar-refractivity contribution < 1.29 is 14.7 Å². The number of hydrogen-bond acceptors (Lipinski definition) is 2. The first kappa shape index (κ1) is 17.7. The van der Waals surface area contributed by atoms with Crippen molar-refractivity contribution in [2.24, 2.45) is 11.8 Å².